The van der Waals surface area contributed by atoms with Crippen LogP contribution in [0.15, 0.2) is 28.7 Å². The lowest BCUT2D eigenvalue weighted by Gasteiger charge is -2.34. The van der Waals surface area contributed by atoms with Crippen molar-refractivity contribution in [1.82, 2.24) is 19.4 Å². The molecule has 0 bridgehead atoms. The van der Waals surface area contributed by atoms with Gasteiger partial charge in [-0.25, -0.2) is 16.8 Å². The Morgan fingerprint density at radius 1 is 1.10 bits per heavy atom. The zero-order valence-corrected chi connectivity index (χ0v) is 18.0. The molecule has 2 aliphatic rings. The van der Waals surface area contributed by atoms with Crippen molar-refractivity contribution >= 4 is 31.5 Å². The molecule has 2 saturated heterocycles. The third-order valence-corrected chi connectivity index (χ3v) is 9.78. The zero-order valence-electron chi connectivity index (χ0n) is 15.6. The summed E-state index contributed by atoms with van der Waals surface area (Å²) in [6.07, 6.45) is 0.181. The van der Waals surface area contributed by atoms with Crippen molar-refractivity contribution in [3.8, 4) is 11.5 Å². The monoisotopic (exact) mass is 460 g/mol. The first-order chi connectivity index (χ1) is 13.7. The number of rotatable bonds is 5. The van der Waals surface area contributed by atoms with Gasteiger partial charge in [0.25, 0.3) is 0 Å². The van der Waals surface area contributed by atoms with Gasteiger partial charge in [-0.05, 0) is 30.7 Å². The second-order valence-corrected chi connectivity index (χ2v) is 12.1. The Kier molecular flexibility index (Phi) is 5.68. The van der Waals surface area contributed by atoms with Gasteiger partial charge < -0.3 is 4.42 Å². The van der Waals surface area contributed by atoms with Gasteiger partial charge in [-0.1, -0.05) is 11.6 Å². The third kappa shape index (κ3) is 4.64. The molecular weight excluding hydrogens is 440 g/mol. The summed E-state index contributed by atoms with van der Waals surface area (Å²) in [5.41, 5.74) is 0.774. The largest absolute Gasteiger partial charge is 0.419 e. The van der Waals surface area contributed by atoms with E-state index < -0.39 is 25.1 Å². The van der Waals surface area contributed by atoms with Gasteiger partial charge in [0.15, 0.2) is 9.84 Å². The summed E-state index contributed by atoms with van der Waals surface area (Å²) < 4.78 is 55.8. The van der Waals surface area contributed by atoms with Gasteiger partial charge in [0, 0.05) is 36.8 Å². The minimum atomic E-state index is -3.60. The van der Waals surface area contributed by atoms with Crippen molar-refractivity contribution in [3.05, 3.63) is 35.2 Å². The number of sulfone groups is 1. The molecule has 2 fully saturated rings. The number of hydrogen-bond donors (Lipinski definition) is 0. The average molecular weight is 461 g/mol. The van der Waals surface area contributed by atoms with Gasteiger partial charge in [-0.15, -0.1) is 10.2 Å². The van der Waals surface area contributed by atoms with E-state index >= 15 is 0 Å². The Hall–Kier alpha value is -1.53. The highest BCUT2D eigenvalue weighted by Gasteiger charge is 2.41. The fourth-order valence-corrected chi connectivity index (χ4v) is 8.20. The third-order valence-electron chi connectivity index (χ3n) is 5.22. The van der Waals surface area contributed by atoms with E-state index in [1.54, 1.807) is 24.3 Å². The first kappa shape index (κ1) is 20.7. The van der Waals surface area contributed by atoms with Crippen LogP contribution >= 0.6 is 11.6 Å². The highest BCUT2D eigenvalue weighted by atomic mass is 35.5. The molecular formula is C17H21ClN4O5S2. The van der Waals surface area contributed by atoms with Crippen LogP contribution in [0.3, 0.4) is 0 Å². The van der Waals surface area contributed by atoms with Gasteiger partial charge in [-0.2, -0.15) is 4.31 Å². The maximum absolute atomic E-state index is 12.7. The summed E-state index contributed by atoms with van der Waals surface area (Å²) in [4.78, 5) is 2.04. The fraction of sp³-hybridized carbons (Fsp3) is 0.529. The number of benzene rings is 1. The summed E-state index contributed by atoms with van der Waals surface area (Å²) in [5, 5.41) is 7.92. The summed E-state index contributed by atoms with van der Waals surface area (Å²) >= 11 is 5.88. The van der Waals surface area contributed by atoms with Crippen molar-refractivity contribution in [2.24, 2.45) is 0 Å². The van der Waals surface area contributed by atoms with E-state index in [-0.39, 0.29) is 17.9 Å². The molecule has 9 nitrogen and oxygen atoms in total. The Morgan fingerprint density at radius 2 is 1.79 bits per heavy atom. The van der Waals surface area contributed by atoms with Crippen molar-refractivity contribution in [1.29, 1.82) is 0 Å². The van der Waals surface area contributed by atoms with Crippen LogP contribution in [-0.4, -0.2) is 79.2 Å². The van der Waals surface area contributed by atoms with Crippen LogP contribution in [-0.2, 0) is 26.4 Å². The Morgan fingerprint density at radius 3 is 2.41 bits per heavy atom. The van der Waals surface area contributed by atoms with Gasteiger partial charge in [0.2, 0.25) is 21.8 Å². The molecule has 1 atom stereocenters. The minimum absolute atomic E-state index is 0.0516. The lowest BCUT2D eigenvalue weighted by molar-refractivity contribution is 0.168. The van der Waals surface area contributed by atoms with Crippen molar-refractivity contribution < 1.29 is 21.3 Å². The molecule has 2 aromatic rings. The van der Waals surface area contributed by atoms with E-state index in [4.69, 9.17) is 16.0 Å². The summed E-state index contributed by atoms with van der Waals surface area (Å²) in [6, 6.07) is 7.09. The van der Waals surface area contributed by atoms with Gasteiger partial charge in [-0.3, -0.25) is 4.90 Å². The number of nitrogens with zero attached hydrogens (tertiary/aromatic N) is 4. The number of sulfonamides is 1. The second kappa shape index (κ2) is 7.95. The molecule has 12 heteroatoms. The molecule has 0 aliphatic carbocycles. The molecule has 0 N–H and O–H groups in total. The predicted molar refractivity (Wildman–Crippen MR) is 108 cm³/mol. The summed E-state index contributed by atoms with van der Waals surface area (Å²) in [5.74, 6) is 0.531. The number of piperazine rings is 1. The Labute approximate surface area is 174 Å². The standard InChI is InChI=1S/C17H21ClN4O5S2/c18-14-3-1-13(2-4-14)17-20-19-16(27-17)11-21-6-8-22(9-7-21)29(25,26)15-5-10-28(23,24)12-15/h1-4,15H,5-12H2. The van der Waals surface area contributed by atoms with Gasteiger partial charge in [0.1, 0.15) is 0 Å². The van der Waals surface area contributed by atoms with E-state index in [0.29, 0.717) is 49.5 Å². The molecule has 1 unspecified atom stereocenters. The van der Waals surface area contributed by atoms with E-state index in [9.17, 15) is 16.8 Å². The molecule has 0 spiro atoms. The molecule has 0 radical (unpaired) electrons. The molecule has 3 heterocycles. The van der Waals surface area contributed by atoms with Crippen molar-refractivity contribution in [2.45, 2.75) is 18.2 Å². The van der Waals surface area contributed by atoms with E-state index in [0.717, 1.165) is 5.56 Å². The first-order valence-electron chi connectivity index (χ1n) is 9.23. The van der Waals surface area contributed by atoms with Crippen LogP contribution in [0.5, 0.6) is 0 Å². The normalized spacial score (nSPS) is 23.4. The van der Waals surface area contributed by atoms with Gasteiger partial charge >= 0.3 is 0 Å². The summed E-state index contributed by atoms with van der Waals surface area (Å²) in [7, 11) is -6.84. The maximum atomic E-state index is 12.7. The molecule has 29 heavy (non-hydrogen) atoms. The molecule has 0 saturated carbocycles. The van der Waals surface area contributed by atoms with Crippen molar-refractivity contribution in [2.75, 3.05) is 37.7 Å². The highest BCUT2D eigenvalue weighted by Crippen LogP contribution is 2.24. The van der Waals surface area contributed by atoms with E-state index in [1.165, 1.54) is 4.31 Å². The SMILES string of the molecule is O=S1(=O)CCC(S(=O)(=O)N2CCN(Cc3nnc(-c4ccc(Cl)cc4)o3)CC2)C1. The topological polar surface area (TPSA) is 114 Å². The van der Waals surface area contributed by atoms with Crippen LogP contribution in [0.25, 0.3) is 11.5 Å². The lowest BCUT2D eigenvalue weighted by Crippen LogP contribution is -2.51. The molecule has 1 aromatic carbocycles. The van der Waals surface area contributed by atoms with E-state index in [2.05, 4.69) is 10.2 Å². The zero-order chi connectivity index (χ0) is 20.6. The molecule has 2 aliphatic heterocycles. The maximum Gasteiger partial charge on any atom is 0.247 e. The molecule has 0 amide bonds. The van der Waals surface area contributed by atoms with Crippen LogP contribution in [0, 0.1) is 0 Å². The smallest absolute Gasteiger partial charge is 0.247 e. The lowest BCUT2D eigenvalue weighted by atomic mass is 10.2. The highest BCUT2D eigenvalue weighted by molar-refractivity contribution is 7.95. The summed E-state index contributed by atoms with van der Waals surface area (Å²) in [6.45, 7) is 2.08. The average Bonchev–Trinajstić information content (AvgIpc) is 3.29. The quantitative estimate of drug-likeness (QED) is 0.649. The van der Waals surface area contributed by atoms with Crippen LogP contribution in [0.1, 0.15) is 12.3 Å². The van der Waals surface area contributed by atoms with Crippen LogP contribution < -0.4 is 0 Å². The van der Waals surface area contributed by atoms with Crippen LogP contribution in [0.2, 0.25) is 5.02 Å². The number of halogens is 1. The van der Waals surface area contributed by atoms with E-state index in [1.807, 2.05) is 4.90 Å². The molecule has 4 rings (SSSR count). The molecule has 158 valence electrons. The predicted octanol–water partition coefficient (Wildman–Crippen LogP) is 1.02. The minimum Gasteiger partial charge on any atom is -0.419 e. The van der Waals surface area contributed by atoms with Gasteiger partial charge in [0.05, 0.1) is 23.3 Å². The molecule has 1 aromatic heterocycles. The van der Waals surface area contributed by atoms with Crippen LogP contribution in [0.4, 0.5) is 0 Å². The Balaban J connectivity index is 1.34. The number of hydrogen-bond acceptors (Lipinski definition) is 8. The number of aromatic nitrogens is 2. The fourth-order valence-electron chi connectivity index (χ4n) is 3.57. The van der Waals surface area contributed by atoms with Crippen molar-refractivity contribution in [3.63, 3.8) is 0 Å². The first-order valence-corrected chi connectivity index (χ1v) is 12.9. The Bertz CT molecular complexity index is 1080. The second-order valence-electron chi connectivity index (χ2n) is 7.25.